The van der Waals surface area contributed by atoms with Crippen molar-refractivity contribution in [3.05, 3.63) is 0 Å². The van der Waals surface area contributed by atoms with Gasteiger partial charge in [-0.15, -0.1) is 0 Å². The van der Waals surface area contributed by atoms with Crippen molar-refractivity contribution in [1.29, 1.82) is 0 Å². The summed E-state index contributed by atoms with van der Waals surface area (Å²) in [6.45, 7) is 10.4. The first-order valence-corrected chi connectivity index (χ1v) is 5.92. The van der Waals surface area contributed by atoms with Crippen LogP contribution in [0.15, 0.2) is 0 Å². The van der Waals surface area contributed by atoms with Gasteiger partial charge in [0.25, 0.3) is 0 Å². The standard InChI is InChI=1S/C12H24N2O/c1-9(12(2,3)4)14-11(15)10-6-5-7-13-8-10/h9-10,13H,5-8H2,1-4H3,(H,14,15)/t9?,10-/m1/s1. The minimum Gasteiger partial charge on any atom is -0.353 e. The topological polar surface area (TPSA) is 41.1 Å². The van der Waals surface area contributed by atoms with Crippen LogP contribution in [0.5, 0.6) is 0 Å². The molecule has 0 aromatic carbocycles. The van der Waals surface area contributed by atoms with Crippen molar-refractivity contribution < 1.29 is 4.79 Å². The summed E-state index contributed by atoms with van der Waals surface area (Å²) in [6.07, 6.45) is 2.14. The minimum atomic E-state index is 0.137. The predicted molar refractivity (Wildman–Crippen MR) is 62.7 cm³/mol. The number of carbonyl (C=O) groups excluding carboxylic acids is 1. The second-order valence-corrected chi connectivity index (χ2v) is 5.64. The van der Waals surface area contributed by atoms with Crippen LogP contribution in [-0.4, -0.2) is 25.0 Å². The van der Waals surface area contributed by atoms with E-state index < -0.39 is 0 Å². The van der Waals surface area contributed by atoms with Gasteiger partial charge in [0, 0.05) is 12.6 Å². The largest absolute Gasteiger partial charge is 0.353 e. The molecular weight excluding hydrogens is 188 g/mol. The fourth-order valence-electron chi connectivity index (χ4n) is 1.62. The van der Waals surface area contributed by atoms with Crippen LogP contribution in [0.2, 0.25) is 0 Å². The lowest BCUT2D eigenvalue weighted by molar-refractivity contribution is -0.126. The predicted octanol–water partition coefficient (Wildman–Crippen LogP) is 1.54. The zero-order valence-corrected chi connectivity index (χ0v) is 10.4. The molecule has 1 rings (SSSR count). The maximum atomic E-state index is 11.9. The molecule has 1 amide bonds. The minimum absolute atomic E-state index is 0.137. The Morgan fingerprint density at radius 2 is 2.13 bits per heavy atom. The third kappa shape index (κ3) is 3.82. The van der Waals surface area contributed by atoms with Gasteiger partial charge in [0.05, 0.1) is 5.92 Å². The van der Waals surface area contributed by atoms with Gasteiger partial charge in [-0.1, -0.05) is 20.8 Å². The number of rotatable bonds is 2. The summed E-state index contributed by atoms with van der Waals surface area (Å²) >= 11 is 0. The van der Waals surface area contributed by atoms with E-state index in [9.17, 15) is 4.79 Å². The summed E-state index contributed by atoms with van der Waals surface area (Å²) < 4.78 is 0. The van der Waals surface area contributed by atoms with Gasteiger partial charge < -0.3 is 10.6 Å². The molecular formula is C12H24N2O. The van der Waals surface area contributed by atoms with Crippen LogP contribution in [0, 0.1) is 11.3 Å². The molecule has 0 radical (unpaired) electrons. The van der Waals surface area contributed by atoms with Gasteiger partial charge in [0.15, 0.2) is 0 Å². The van der Waals surface area contributed by atoms with E-state index in [0.29, 0.717) is 0 Å². The van der Waals surface area contributed by atoms with Gasteiger partial charge in [-0.05, 0) is 31.7 Å². The first kappa shape index (κ1) is 12.5. The van der Waals surface area contributed by atoms with E-state index in [4.69, 9.17) is 0 Å². The van der Waals surface area contributed by atoms with Crippen molar-refractivity contribution in [2.75, 3.05) is 13.1 Å². The Hall–Kier alpha value is -0.570. The molecule has 2 atom stereocenters. The average Bonchev–Trinajstić information content (AvgIpc) is 2.17. The number of carbonyl (C=O) groups is 1. The molecule has 1 fully saturated rings. The normalized spacial score (nSPS) is 24.7. The molecule has 88 valence electrons. The molecule has 1 aliphatic rings. The van der Waals surface area contributed by atoms with Crippen molar-refractivity contribution in [2.45, 2.75) is 46.6 Å². The van der Waals surface area contributed by atoms with E-state index in [1.54, 1.807) is 0 Å². The Labute approximate surface area is 93.0 Å². The van der Waals surface area contributed by atoms with Crippen molar-refractivity contribution in [3.63, 3.8) is 0 Å². The van der Waals surface area contributed by atoms with Gasteiger partial charge >= 0.3 is 0 Å². The molecule has 1 heterocycles. The highest BCUT2D eigenvalue weighted by Gasteiger charge is 2.26. The highest BCUT2D eigenvalue weighted by molar-refractivity contribution is 5.79. The number of hydrogen-bond acceptors (Lipinski definition) is 2. The molecule has 0 aliphatic carbocycles. The second-order valence-electron chi connectivity index (χ2n) is 5.64. The van der Waals surface area contributed by atoms with Crippen LogP contribution in [0.25, 0.3) is 0 Å². The lowest BCUT2D eigenvalue weighted by atomic mass is 9.87. The maximum Gasteiger partial charge on any atom is 0.224 e. The highest BCUT2D eigenvalue weighted by Crippen LogP contribution is 2.19. The summed E-state index contributed by atoms with van der Waals surface area (Å²) in [5.74, 6) is 0.383. The molecule has 3 heteroatoms. The fraction of sp³-hybridized carbons (Fsp3) is 0.917. The van der Waals surface area contributed by atoms with Crippen LogP contribution < -0.4 is 10.6 Å². The van der Waals surface area contributed by atoms with Crippen molar-refractivity contribution in [2.24, 2.45) is 11.3 Å². The molecule has 1 saturated heterocycles. The van der Waals surface area contributed by atoms with Gasteiger partial charge in [0.1, 0.15) is 0 Å². The van der Waals surface area contributed by atoms with Crippen molar-refractivity contribution >= 4 is 5.91 Å². The Balaban J connectivity index is 2.40. The van der Waals surface area contributed by atoms with E-state index in [2.05, 4.69) is 38.3 Å². The monoisotopic (exact) mass is 212 g/mol. The van der Waals surface area contributed by atoms with E-state index in [-0.39, 0.29) is 23.3 Å². The lowest BCUT2D eigenvalue weighted by Crippen LogP contribution is -2.47. The van der Waals surface area contributed by atoms with E-state index in [1.165, 1.54) is 0 Å². The van der Waals surface area contributed by atoms with Crippen LogP contribution in [-0.2, 0) is 4.79 Å². The Kier molecular flexibility index (Phi) is 4.14. The summed E-state index contributed by atoms with van der Waals surface area (Å²) in [5.41, 5.74) is 0.137. The second kappa shape index (κ2) is 4.97. The number of hydrogen-bond donors (Lipinski definition) is 2. The third-order valence-corrected chi connectivity index (χ3v) is 3.33. The average molecular weight is 212 g/mol. The molecule has 0 spiro atoms. The van der Waals surface area contributed by atoms with Crippen LogP contribution in [0.4, 0.5) is 0 Å². The molecule has 0 aromatic heterocycles. The quantitative estimate of drug-likeness (QED) is 0.729. The van der Waals surface area contributed by atoms with E-state index in [0.717, 1.165) is 25.9 Å². The summed E-state index contributed by atoms with van der Waals surface area (Å²) in [6, 6.07) is 0.229. The van der Waals surface area contributed by atoms with Gasteiger partial charge in [-0.3, -0.25) is 4.79 Å². The van der Waals surface area contributed by atoms with Gasteiger partial charge in [0.2, 0.25) is 5.91 Å². The summed E-state index contributed by atoms with van der Waals surface area (Å²) in [5, 5.41) is 6.38. The first-order chi connectivity index (χ1) is 6.91. The molecule has 3 nitrogen and oxygen atoms in total. The van der Waals surface area contributed by atoms with Gasteiger partial charge in [-0.25, -0.2) is 0 Å². The van der Waals surface area contributed by atoms with Crippen LogP contribution >= 0.6 is 0 Å². The number of amides is 1. The molecule has 0 bridgehead atoms. The zero-order valence-electron chi connectivity index (χ0n) is 10.4. The van der Waals surface area contributed by atoms with Gasteiger partial charge in [-0.2, -0.15) is 0 Å². The smallest absolute Gasteiger partial charge is 0.224 e. The molecule has 1 unspecified atom stereocenters. The fourth-order valence-corrected chi connectivity index (χ4v) is 1.62. The van der Waals surface area contributed by atoms with Crippen molar-refractivity contribution in [1.82, 2.24) is 10.6 Å². The van der Waals surface area contributed by atoms with Crippen LogP contribution in [0.3, 0.4) is 0 Å². The molecule has 1 aliphatic heterocycles. The van der Waals surface area contributed by atoms with Crippen LogP contribution in [0.1, 0.15) is 40.5 Å². The molecule has 15 heavy (non-hydrogen) atoms. The zero-order chi connectivity index (χ0) is 11.5. The number of nitrogens with one attached hydrogen (secondary N) is 2. The summed E-state index contributed by atoms with van der Waals surface area (Å²) in [4.78, 5) is 11.9. The maximum absolute atomic E-state index is 11.9. The first-order valence-electron chi connectivity index (χ1n) is 5.92. The Morgan fingerprint density at radius 3 is 2.60 bits per heavy atom. The Bertz CT molecular complexity index is 214. The Morgan fingerprint density at radius 1 is 1.47 bits per heavy atom. The number of piperidine rings is 1. The lowest BCUT2D eigenvalue weighted by Gasteiger charge is -2.30. The van der Waals surface area contributed by atoms with E-state index >= 15 is 0 Å². The summed E-state index contributed by atoms with van der Waals surface area (Å²) in [7, 11) is 0. The third-order valence-electron chi connectivity index (χ3n) is 3.33. The van der Waals surface area contributed by atoms with Crippen molar-refractivity contribution in [3.8, 4) is 0 Å². The highest BCUT2D eigenvalue weighted by atomic mass is 16.2. The molecule has 0 saturated carbocycles. The molecule has 2 N–H and O–H groups in total. The SMILES string of the molecule is CC(NC(=O)[C@@H]1CCCNC1)C(C)(C)C. The van der Waals surface area contributed by atoms with E-state index in [1.807, 2.05) is 0 Å². The molecule has 0 aromatic rings.